The molecule has 0 saturated carbocycles. The first kappa shape index (κ1) is 23.7. The van der Waals surface area contributed by atoms with E-state index in [1.807, 2.05) is 18.2 Å². The van der Waals surface area contributed by atoms with E-state index in [4.69, 9.17) is 4.74 Å². The van der Waals surface area contributed by atoms with Crippen LogP contribution in [0.2, 0.25) is 0 Å². The summed E-state index contributed by atoms with van der Waals surface area (Å²) < 4.78 is 6.07. The lowest BCUT2D eigenvalue weighted by Crippen LogP contribution is -2.50. The molecule has 33 heavy (non-hydrogen) atoms. The monoisotopic (exact) mass is 444 g/mol. The fraction of sp³-hybridized carbons (Fsp3) is 0.379. The molecule has 0 aromatic heterocycles. The zero-order valence-corrected chi connectivity index (χ0v) is 19.6. The van der Waals surface area contributed by atoms with Crippen LogP contribution in [0.4, 0.5) is 0 Å². The molecule has 4 rings (SSSR count). The molecule has 0 radical (unpaired) electrons. The highest BCUT2D eigenvalue weighted by Crippen LogP contribution is 2.29. The molecule has 0 spiro atoms. The van der Waals surface area contributed by atoms with E-state index in [2.05, 4.69) is 89.5 Å². The predicted octanol–water partition coefficient (Wildman–Crippen LogP) is 4.92. The largest absolute Gasteiger partial charge is 0.389 e. The summed E-state index contributed by atoms with van der Waals surface area (Å²) in [5.41, 5.74) is 3.84. The average molecular weight is 445 g/mol. The lowest BCUT2D eigenvalue weighted by atomic mass is 9.96. The number of aliphatic hydroxyl groups is 1. The van der Waals surface area contributed by atoms with E-state index in [0.717, 1.165) is 32.6 Å². The van der Waals surface area contributed by atoms with Gasteiger partial charge in [0, 0.05) is 32.7 Å². The smallest absolute Gasteiger partial charge is 0.0900 e. The summed E-state index contributed by atoms with van der Waals surface area (Å²) in [6, 6.07) is 32.1. The molecule has 1 N–H and O–H groups in total. The van der Waals surface area contributed by atoms with Gasteiger partial charge < -0.3 is 9.84 Å². The molecule has 1 fully saturated rings. The van der Waals surface area contributed by atoms with E-state index < -0.39 is 6.10 Å². The van der Waals surface area contributed by atoms with Crippen molar-refractivity contribution in [2.24, 2.45) is 0 Å². The van der Waals surface area contributed by atoms with Gasteiger partial charge in [0.1, 0.15) is 0 Å². The molecule has 0 aliphatic carbocycles. The van der Waals surface area contributed by atoms with Crippen LogP contribution in [0.3, 0.4) is 0 Å². The van der Waals surface area contributed by atoms with Crippen molar-refractivity contribution in [3.63, 3.8) is 0 Å². The fourth-order valence-corrected chi connectivity index (χ4v) is 4.78. The van der Waals surface area contributed by atoms with Gasteiger partial charge in [0.05, 0.1) is 24.9 Å². The Kier molecular flexibility index (Phi) is 8.67. The molecule has 4 heteroatoms. The lowest BCUT2D eigenvalue weighted by Gasteiger charge is -2.40. The topological polar surface area (TPSA) is 35.9 Å². The molecule has 0 unspecified atom stereocenters. The standard InChI is InChI=1S/C29H36N2O2/c1-2-28(24-12-6-3-7-13-24)33-23-27(32)22-30-18-20-31(21-19-30)29(25-14-8-4-9-15-25)26-16-10-5-11-17-26/h3-17,27-29,32H,2,18-23H2,1H3/t27-,28+/m0/s1. The number of piperazine rings is 1. The van der Waals surface area contributed by atoms with E-state index in [-0.39, 0.29) is 12.1 Å². The molecule has 174 valence electrons. The van der Waals surface area contributed by atoms with Crippen LogP contribution in [-0.2, 0) is 4.74 Å². The summed E-state index contributed by atoms with van der Waals surface area (Å²) >= 11 is 0. The number of β-amino-alcohol motifs (C(OH)–C–C–N with tert-alkyl or cyclic N) is 1. The summed E-state index contributed by atoms with van der Waals surface area (Å²) in [6.07, 6.45) is 0.457. The number of benzene rings is 3. The number of aliphatic hydroxyl groups excluding tert-OH is 1. The van der Waals surface area contributed by atoms with E-state index in [1.54, 1.807) is 0 Å². The SMILES string of the molecule is CC[C@@H](OC[C@@H](O)CN1CCN(C(c2ccccc2)c2ccccc2)CC1)c1ccccc1. The Bertz CT molecular complexity index is 888. The van der Waals surface area contributed by atoms with Gasteiger partial charge in [0.2, 0.25) is 0 Å². The maximum absolute atomic E-state index is 10.6. The van der Waals surface area contributed by atoms with E-state index in [1.165, 1.54) is 16.7 Å². The quantitative estimate of drug-likeness (QED) is 0.481. The van der Waals surface area contributed by atoms with E-state index in [0.29, 0.717) is 13.2 Å². The molecule has 1 aliphatic heterocycles. The third-order valence-corrected chi connectivity index (χ3v) is 6.50. The van der Waals surface area contributed by atoms with Crippen molar-refractivity contribution in [3.05, 3.63) is 108 Å². The van der Waals surface area contributed by atoms with Gasteiger partial charge >= 0.3 is 0 Å². The van der Waals surface area contributed by atoms with Gasteiger partial charge in [-0.1, -0.05) is 97.9 Å². The van der Waals surface area contributed by atoms with Crippen LogP contribution in [0.15, 0.2) is 91.0 Å². The minimum Gasteiger partial charge on any atom is -0.389 e. The fourth-order valence-electron chi connectivity index (χ4n) is 4.78. The lowest BCUT2D eigenvalue weighted by molar-refractivity contribution is -0.0291. The predicted molar refractivity (Wildman–Crippen MR) is 134 cm³/mol. The molecule has 3 aromatic rings. The molecule has 2 atom stereocenters. The maximum atomic E-state index is 10.6. The molecule has 4 nitrogen and oxygen atoms in total. The van der Waals surface area contributed by atoms with Crippen LogP contribution in [0, 0.1) is 0 Å². The minimum atomic E-state index is -0.478. The number of hydrogen-bond donors (Lipinski definition) is 1. The molecule has 0 amide bonds. The summed E-state index contributed by atoms with van der Waals surface area (Å²) in [6.45, 7) is 6.99. The van der Waals surface area contributed by atoms with Gasteiger partial charge in [0.15, 0.2) is 0 Å². The Hall–Kier alpha value is -2.50. The van der Waals surface area contributed by atoms with Crippen molar-refractivity contribution in [2.75, 3.05) is 39.3 Å². The number of ether oxygens (including phenoxy) is 1. The number of rotatable bonds is 10. The minimum absolute atomic E-state index is 0.0372. The van der Waals surface area contributed by atoms with Gasteiger partial charge in [-0.15, -0.1) is 0 Å². The van der Waals surface area contributed by atoms with Crippen molar-refractivity contribution in [1.29, 1.82) is 0 Å². The highest BCUT2D eigenvalue weighted by atomic mass is 16.5. The number of nitrogens with zero attached hydrogens (tertiary/aromatic N) is 2. The van der Waals surface area contributed by atoms with Gasteiger partial charge in [-0.05, 0) is 23.1 Å². The zero-order valence-electron chi connectivity index (χ0n) is 19.6. The van der Waals surface area contributed by atoms with Crippen LogP contribution >= 0.6 is 0 Å². The van der Waals surface area contributed by atoms with Gasteiger partial charge in [-0.2, -0.15) is 0 Å². The Morgan fingerprint density at radius 2 is 1.21 bits per heavy atom. The first-order valence-electron chi connectivity index (χ1n) is 12.2. The van der Waals surface area contributed by atoms with Crippen LogP contribution in [-0.4, -0.2) is 60.3 Å². The van der Waals surface area contributed by atoms with Crippen molar-refractivity contribution in [2.45, 2.75) is 31.6 Å². The van der Waals surface area contributed by atoms with Crippen molar-refractivity contribution < 1.29 is 9.84 Å². The Labute approximate surface area is 198 Å². The van der Waals surface area contributed by atoms with Crippen molar-refractivity contribution in [3.8, 4) is 0 Å². The third kappa shape index (κ3) is 6.52. The Morgan fingerprint density at radius 3 is 1.70 bits per heavy atom. The van der Waals surface area contributed by atoms with Crippen LogP contribution < -0.4 is 0 Å². The average Bonchev–Trinajstić information content (AvgIpc) is 2.88. The van der Waals surface area contributed by atoms with E-state index >= 15 is 0 Å². The van der Waals surface area contributed by atoms with Gasteiger partial charge in [-0.25, -0.2) is 0 Å². The summed E-state index contributed by atoms with van der Waals surface area (Å²) in [4.78, 5) is 4.92. The summed E-state index contributed by atoms with van der Waals surface area (Å²) in [7, 11) is 0. The molecule has 1 saturated heterocycles. The van der Waals surface area contributed by atoms with Crippen molar-refractivity contribution >= 4 is 0 Å². The normalized spacial score (nSPS) is 17.2. The molecule has 1 heterocycles. The van der Waals surface area contributed by atoms with Crippen LogP contribution in [0.25, 0.3) is 0 Å². The highest BCUT2D eigenvalue weighted by molar-refractivity contribution is 5.32. The maximum Gasteiger partial charge on any atom is 0.0900 e. The van der Waals surface area contributed by atoms with Gasteiger partial charge in [0.25, 0.3) is 0 Å². The van der Waals surface area contributed by atoms with Crippen LogP contribution in [0.1, 0.15) is 42.2 Å². The highest BCUT2D eigenvalue weighted by Gasteiger charge is 2.27. The van der Waals surface area contributed by atoms with Gasteiger partial charge in [-0.3, -0.25) is 9.80 Å². The number of hydrogen-bond acceptors (Lipinski definition) is 4. The van der Waals surface area contributed by atoms with Crippen LogP contribution in [0.5, 0.6) is 0 Å². The molecular formula is C29H36N2O2. The molecule has 3 aromatic carbocycles. The molecule has 1 aliphatic rings. The third-order valence-electron chi connectivity index (χ3n) is 6.50. The summed E-state index contributed by atoms with van der Waals surface area (Å²) in [5, 5.41) is 10.6. The van der Waals surface area contributed by atoms with Crippen molar-refractivity contribution in [1.82, 2.24) is 9.80 Å². The second-order valence-electron chi connectivity index (χ2n) is 8.86. The van der Waals surface area contributed by atoms with E-state index in [9.17, 15) is 5.11 Å². The second kappa shape index (κ2) is 12.1. The first-order chi connectivity index (χ1) is 16.2. The zero-order chi connectivity index (χ0) is 22.9. The Balaban J connectivity index is 1.30. The second-order valence-corrected chi connectivity index (χ2v) is 8.86. The first-order valence-corrected chi connectivity index (χ1v) is 12.2. The molecule has 0 bridgehead atoms. The Morgan fingerprint density at radius 1 is 0.727 bits per heavy atom. The summed E-state index contributed by atoms with van der Waals surface area (Å²) in [5.74, 6) is 0. The molecular weight excluding hydrogens is 408 g/mol.